The van der Waals surface area contributed by atoms with Gasteiger partial charge in [0.15, 0.2) is 0 Å². The van der Waals surface area contributed by atoms with Crippen LogP contribution in [0.15, 0.2) is 48.8 Å². The first kappa shape index (κ1) is 21.6. The van der Waals surface area contributed by atoms with Gasteiger partial charge in [-0.1, -0.05) is 40.7 Å². The molecule has 1 heterocycles. The highest BCUT2D eigenvalue weighted by Gasteiger charge is 2.26. The second kappa shape index (κ2) is 9.49. The summed E-state index contributed by atoms with van der Waals surface area (Å²) in [5.41, 5.74) is 1.55. The molecule has 2 N–H and O–H groups in total. The Morgan fingerprint density at radius 1 is 1.00 bits per heavy atom. The maximum Gasteiger partial charge on any atom is 0.257 e. The Hall–Kier alpha value is -2.69. The molecule has 0 aliphatic heterocycles. The number of carbonyl (C=O) groups excluding carboxylic acids is 2. The van der Waals surface area contributed by atoms with Crippen molar-refractivity contribution >= 4 is 17.5 Å². The number of carbonyl (C=O) groups is 2. The van der Waals surface area contributed by atoms with Crippen molar-refractivity contribution in [3.05, 3.63) is 59.9 Å². The van der Waals surface area contributed by atoms with Crippen LogP contribution >= 0.6 is 0 Å². The summed E-state index contributed by atoms with van der Waals surface area (Å²) in [6.07, 6.45) is 5.12. The van der Waals surface area contributed by atoms with Crippen molar-refractivity contribution in [3.63, 3.8) is 0 Å². The number of anilines is 1. The van der Waals surface area contributed by atoms with E-state index in [0.29, 0.717) is 22.7 Å². The zero-order chi connectivity index (χ0) is 20.7. The summed E-state index contributed by atoms with van der Waals surface area (Å²) < 4.78 is 0. The first-order valence-electron chi connectivity index (χ1n) is 9.79. The van der Waals surface area contributed by atoms with Crippen molar-refractivity contribution in [1.29, 1.82) is 0 Å². The average molecular weight is 382 g/mol. The van der Waals surface area contributed by atoms with Gasteiger partial charge in [-0.05, 0) is 54.5 Å². The van der Waals surface area contributed by atoms with Crippen LogP contribution in [0.25, 0.3) is 0 Å². The molecule has 1 aromatic heterocycles. The minimum absolute atomic E-state index is 0.0311. The number of amides is 2. The third kappa shape index (κ3) is 6.48. The highest BCUT2D eigenvalue weighted by Crippen LogP contribution is 2.25. The lowest BCUT2D eigenvalue weighted by Crippen LogP contribution is -2.43. The van der Waals surface area contributed by atoms with Gasteiger partial charge in [0.05, 0.1) is 5.56 Å². The Kier molecular flexibility index (Phi) is 7.32. The molecule has 0 radical (unpaired) electrons. The molecule has 28 heavy (non-hydrogen) atoms. The SMILES string of the molecule is CC(C)CCC(NC(=O)c1cccc(NC(=O)c2cccnc2)c1)C(C)(C)C. The van der Waals surface area contributed by atoms with Crippen LogP contribution in [0.3, 0.4) is 0 Å². The molecule has 2 amide bonds. The van der Waals surface area contributed by atoms with Crippen molar-refractivity contribution in [1.82, 2.24) is 10.3 Å². The number of pyridine rings is 1. The highest BCUT2D eigenvalue weighted by atomic mass is 16.2. The highest BCUT2D eigenvalue weighted by molar-refractivity contribution is 6.04. The third-order valence-electron chi connectivity index (χ3n) is 4.69. The Morgan fingerprint density at radius 3 is 2.32 bits per heavy atom. The van der Waals surface area contributed by atoms with Gasteiger partial charge in [-0.2, -0.15) is 0 Å². The molecular formula is C23H31N3O2. The predicted octanol–water partition coefficient (Wildman–Crippen LogP) is 4.91. The third-order valence-corrected chi connectivity index (χ3v) is 4.69. The van der Waals surface area contributed by atoms with Crippen molar-refractivity contribution in [2.45, 2.75) is 53.5 Å². The number of benzene rings is 1. The van der Waals surface area contributed by atoms with Crippen molar-refractivity contribution in [2.24, 2.45) is 11.3 Å². The molecule has 1 unspecified atom stereocenters. The number of nitrogens with zero attached hydrogens (tertiary/aromatic N) is 1. The predicted molar refractivity (Wildman–Crippen MR) is 113 cm³/mol. The van der Waals surface area contributed by atoms with Crippen molar-refractivity contribution < 1.29 is 9.59 Å². The van der Waals surface area contributed by atoms with Crippen LogP contribution in [-0.2, 0) is 0 Å². The van der Waals surface area contributed by atoms with Gasteiger partial charge in [0.1, 0.15) is 0 Å². The molecule has 0 aliphatic rings. The molecular weight excluding hydrogens is 350 g/mol. The fourth-order valence-electron chi connectivity index (χ4n) is 2.90. The molecule has 2 aromatic rings. The van der Waals surface area contributed by atoms with Crippen LogP contribution < -0.4 is 10.6 Å². The van der Waals surface area contributed by atoms with E-state index < -0.39 is 0 Å². The molecule has 5 heteroatoms. The molecule has 0 saturated carbocycles. The van der Waals surface area contributed by atoms with Crippen LogP contribution in [0.1, 0.15) is 68.2 Å². The lowest BCUT2D eigenvalue weighted by atomic mass is 9.82. The first-order valence-corrected chi connectivity index (χ1v) is 9.79. The maximum atomic E-state index is 12.8. The monoisotopic (exact) mass is 381 g/mol. The normalized spacial score (nSPS) is 12.5. The maximum absolute atomic E-state index is 12.8. The Morgan fingerprint density at radius 2 is 1.71 bits per heavy atom. The Bertz CT molecular complexity index is 795. The van der Waals surface area contributed by atoms with Gasteiger partial charge in [0.25, 0.3) is 11.8 Å². The number of hydrogen-bond donors (Lipinski definition) is 2. The summed E-state index contributed by atoms with van der Waals surface area (Å²) >= 11 is 0. The van der Waals surface area contributed by atoms with E-state index in [4.69, 9.17) is 0 Å². The summed E-state index contributed by atoms with van der Waals surface area (Å²) in [5, 5.41) is 6.00. The lowest BCUT2D eigenvalue weighted by Gasteiger charge is -2.32. The van der Waals surface area contributed by atoms with Gasteiger partial charge in [0.2, 0.25) is 0 Å². The lowest BCUT2D eigenvalue weighted by molar-refractivity contribution is 0.0893. The fourth-order valence-corrected chi connectivity index (χ4v) is 2.90. The number of nitrogens with one attached hydrogen (secondary N) is 2. The van der Waals surface area contributed by atoms with E-state index in [2.05, 4.69) is 50.2 Å². The number of aromatic nitrogens is 1. The van der Waals surface area contributed by atoms with Gasteiger partial charge in [0, 0.05) is 29.7 Å². The topological polar surface area (TPSA) is 71.1 Å². The second-order valence-corrected chi connectivity index (χ2v) is 8.64. The van der Waals surface area contributed by atoms with Gasteiger partial charge in [-0.25, -0.2) is 0 Å². The van der Waals surface area contributed by atoms with E-state index >= 15 is 0 Å². The summed E-state index contributed by atoms with van der Waals surface area (Å²) in [4.78, 5) is 29.1. The van der Waals surface area contributed by atoms with E-state index in [9.17, 15) is 9.59 Å². The van der Waals surface area contributed by atoms with Gasteiger partial charge in [-0.15, -0.1) is 0 Å². The zero-order valence-electron chi connectivity index (χ0n) is 17.5. The smallest absolute Gasteiger partial charge is 0.257 e. The number of hydrogen-bond acceptors (Lipinski definition) is 3. The minimum atomic E-state index is -0.254. The summed E-state index contributed by atoms with van der Waals surface area (Å²) in [7, 11) is 0. The van der Waals surface area contributed by atoms with E-state index in [0.717, 1.165) is 12.8 Å². The number of rotatable bonds is 7. The van der Waals surface area contributed by atoms with Crippen LogP contribution in [0.2, 0.25) is 0 Å². The molecule has 1 atom stereocenters. The van der Waals surface area contributed by atoms with Crippen LogP contribution in [-0.4, -0.2) is 22.8 Å². The largest absolute Gasteiger partial charge is 0.349 e. The van der Waals surface area contributed by atoms with Crippen LogP contribution in [0.5, 0.6) is 0 Å². The molecule has 0 fully saturated rings. The first-order chi connectivity index (χ1) is 13.2. The molecule has 2 rings (SSSR count). The standard InChI is InChI=1S/C23H31N3O2/c1-16(2)11-12-20(23(3,4)5)26-21(27)17-8-6-10-19(14-17)25-22(28)18-9-7-13-24-15-18/h6-10,13-16,20H,11-12H2,1-5H3,(H,25,28)(H,26,27). The fraction of sp³-hybridized carbons (Fsp3) is 0.435. The quantitative estimate of drug-likeness (QED) is 0.715. The molecule has 0 saturated heterocycles. The van der Waals surface area contributed by atoms with Gasteiger partial charge >= 0.3 is 0 Å². The minimum Gasteiger partial charge on any atom is -0.349 e. The van der Waals surface area contributed by atoms with Crippen LogP contribution in [0.4, 0.5) is 5.69 Å². The Labute approximate surface area is 168 Å². The zero-order valence-corrected chi connectivity index (χ0v) is 17.5. The molecule has 1 aromatic carbocycles. The molecule has 0 spiro atoms. The molecule has 150 valence electrons. The summed E-state index contributed by atoms with van der Waals surface area (Å²) in [6, 6.07) is 10.5. The van der Waals surface area contributed by atoms with Crippen molar-refractivity contribution in [3.8, 4) is 0 Å². The average Bonchev–Trinajstić information content (AvgIpc) is 2.64. The van der Waals surface area contributed by atoms with Gasteiger partial charge in [-0.3, -0.25) is 14.6 Å². The van der Waals surface area contributed by atoms with E-state index in [-0.39, 0.29) is 23.3 Å². The summed E-state index contributed by atoms with van der Waals surface area (Å²) in [6.45, 7) is 10.8. The van der Waals surface area contributed by atoms with E-state index in [1.807, 2.05) is 0 Å². The van der Waals surface area contributed by atoms with E-state index in [1.165, 1.54) is 6.20 Å². The van der Waals surface area contributed by atoms with Gasteiger partial charge < -0.3 is 10.6 Å². The Balaban J connectivity index is 2.09. The summed E-state index contributed by atoms with van der Waals surface area (Å²) in [5.74, 6) is 0.212. The van der Waals surface area contributed by atoms with Crippen molar-refractivity contribution in [2.75, 3.05) is 5.32 Å². The molecule has 0 aliphatic carbocycles. The van der Waals surface area contributed by atoms with E-state index in [1.54, 1.807) is 42.6 Å². The second-order valence-electron chi connectivity index (χ2n) is 8.64. The molecule has 0 bridgehead atoms. The van der Waals surface area contributed by atoms with Crippen LogP contribution in [0, 0.1) is 11.3 Å². The molecule has 5 nitrogen and oxygen atoms in total.